The number of nitrogens with two attached hydrogens (primary N) is 1. The highest BCUT2D eigenvalue weighted by atomic mass is 16.5. The summed E-state index contributed by atoms with van der Waals surface area (Å²) in [6.45, 7) is 1.78. The quantitative estimate of drug-likeness (QED) is 0.800. The minimum Gasteiger partial charge on any atom is -0.378 e. The molecule has 0 aliphatic carbocycles. The molecule has 4 unspecified atom stereocenters. The van der Waals surface area contributed by atoms with Crippen LogP contribution in [-0.2, 0) is 9.47 Å². The number of hydrogen-bond acceptors (Lipinski definition) is 3. The summed E-state index contributed by atoms with van der Waals surface area (Å²) in [6.07, 6.45) is 11.5. The Morgan fingerprint density at radius 3 is 2.76 bits per heavy atom. The van der Waals surface area contributed by atoms with Crippen LogP contribution in [0.4, 0.5) is 0 Å². The fourth-order valence-corrected chi connectivity index (χ4v) is 4.02. The molecule has 0 aromatic heterocycles. The molecule has 0 saturated carbocycles. The Hall–Kier alpha value is -0.120. The second kappa shape index (κ2) is 4.87. The van der Waals surface area contributed by atoms with Gasteiger partial charge >= 0.3 is 0 Å². The molecule has 98 valence electrons. The first-order valence-corrected chi connectivity index (χ1v) is 7.29. The second-order valence-corrected chi connectivity index (χ2v) is 6.12. The van der Waals surface area contributed by atoms with E-state index in [1.807, 2.05) is 0 Å². The van der Waals surface area contributed by atoms with E-state index in [1.165, 1.54) is 51.4 Å². The minimum absolute atomic E-state index is 0.307. The van der Waals surface area contributed by atoms with Gasteiger partial charge in [0.25, 0.3) is 0 Å². The topological polar surface area (TPSA) is 44.5 Å². The molecule has 3 heteroatoms. The van der Waals surface area contributed by atoms with E-state index < -0.39 is 0 Å². The van der Waals surface area contributed by atoms with Gasteiger partial charge in [-0.1, -0.05) is 6.42 Å². The molecule has 3 aliphatic heterocycles. The molecule has 2 N–H and O–H groups in total. The molecule has 0 amide bonds. The third-order valence-electron chi connectivity index (χ3n) is 5.06. The summed E-state index contributed by atoms with van der Waals surface area (Å²) in [7, 11) is 0. The summed E-state index contributed by atoms with van der Waals surface area (Å²) < 4.78 is 11.7. The van der Waals surface area contributed by atoms with Crippen LogP contribution in [0.5, 0.6) is 0 Å². The predicted octanol–water partition coefficient (Wildman–Crippen LogP) is 2.23. The number of ether oxygens (including phenoxy) is 2. The summed E-state index contributed by atoms with van der Waals surface area (Å²) in [5.41, 5.74) is 6.35. The van der Waals surface area contributed by atoms with Gasteiger partial charge in [-0.2, -0.15) is 0 Å². The van der Waals surface area contributed by atoms with E-state index in [0.29, 0.717) is 23.7 Å². The largest absolute Gasteiger partial charge is 0.378 e. The van der Waals surface area contributed by atoms with Gasteiger partial charge in [0.15, 0.2) is 0 Å². The summed E-state index contributed by atoms with van der Waals surface area (Å²) in [4.78, 5) is 0. The fourth-order valence-electron chi connectivity index (χ4n) is 4.02. The van der Waals surface area contributed by atoms with Crippen molar-refractivity contribution in [2.75, 3.05) is 13.2 Å². The standard InChI is InChI=1S/C14H25NO2/c15-10-14(9-12-5-6-13(14)17-12)7-1-3-11-4-2-8-16-11/h11-13H,1-10,15H2. The lowest BCUT2D eigenvalue weighted by Gasteiger charge is -2.34. The van der Waals surface area contributed by atoms with E-state index in [4.69, 9.17) is 15.2 Å². The molecular weight excluding hydrogens is 214 g/mol. The third-order valence-corrected chi connectivity index (χ3v) is 5.06. The first-order chi connectivity index (χ1) is 8.32. The van der Waals surface area contributed by atoms with Crippen LogP contribution in [0.15, 0.2) is 0 Å². The van der Waals surface area contributed by atoms with Crippen LogP contribution in [0.2, 0.25) is 0 Å². The maximum absolute atomic E-state index is 6.04. The highest BCUT2D eigenvalue weighted by Gasteiger charge is 2.50. The molecule has 2 bridgehead atoms. The van der Waals surface area contributed by atoms with E-state index in [9.17, 15) is 0 Å². The van der Waals surface area contributed by atoms with Crippen LogP contribution in [0, 0.1) is 5.41 Å². The number of fused-ring (bicyclic) bond motifs is 2. The lowest BCUT2D eigenvalue weighted by molar-refractivity contribution is 0.0538. The molecule has 3 heterocycles. The van der Waals surface area contributed by atoms with Gasteiger partial charge in [-0.3, -0.25) is 0 Å². The molecular formula is C14H25NO2. The molecule has 0 radical (unpaired) electrons. The fraction of sp³-hybridized carbons (Fsp3) is 1.00. The van der Waals surface area contributed by atoms with Crippen LogP contribution < -0.4 is 5.73 Å². The normalized spacial score (nSPS) is 44.6. The summed E-state index contributed by atoms with van der Waals surface area (Å²) in [5.74, 6) is 0. The highest BCUT2D eigenvalue weighted by Crippen LogP contribution is 2.50. The molecule has 0 aromatic carbocycles. The van der Waals surface area contributed by atoms with Crippen molar-refractivity contribution in [2.24, 2.45) is 11.1 Å². The van der Waals surface area contributed by atoms with Gasteiger partial charge in [0.1, 0.15) is 0 Å². The predicted molar refractivity (Wildman–Crippen MR) is 66.8 cm³/mol. The van der Waals surface area contributed by atoms with Crippen LogP contribution in [-0.4, -0.2) is 31.5 Å². The van der Waals surface area contributed by atoms with E-state index in [-0.39, 0.29) is 0 Å². The van der Waals surface area contributed by atoms with Gasteiger partial charge in [-0.15, -0.1) is 0 Å². The molecule has 3 nitrogen and oxygen atoms in total. The first kappa shape index (κ1) is 11.9. The Kier molecular flexibility index (Phi) is 3.42. The monoisotopic (exact) mass is 239 g/mol. The molecule has 17 heavy (non-hydrogen) atoms. The van der Waals surface area contributed by atoms with Crippen LogP contribution in [0.25, 0.3) is 0 Å². The Bertz CT molecular complexity index is 265. The van der Waals surface area contributed by atoms with Gasteiger partial charge in [0.2, 0.25) is 0 Å². The zero-order valence-electron chi connectivity index (χ0n) is 10.7. The molecule has 3 saturated heterocycles. The Labute approximate surface area is 104 Å². The van der Waals surface area contributed by atoms with Crippen molar-refractivity contribution in [3.63, 3.8) is 0 Å². The van der Waals surface area contributed by atoms with Crippen molar-refractivity contribution < 1.29 is 9.47 Å². The van der Waals surface area contributed by atoms with Crippen molar-refractivity contribution in [1.82, 2.24) is 0 Å². The maximum Gasteiger partial charge on any atom is 0.0649 e. The maximum atomic E-state index is 6.04. The molecule has 0 spiro atoms. The minimum atomic E-state index is 0.307. The highest BCUT2D eigenvalue weighted by molar-refractivity contribution is 5.01. The van der Waals surface area contributed by atoms with Gasteiger partial charge in [-0.05, 0) is 44.9 Å². The van der Waals surface area contributed by atoms with Crippen LogP contribution >= 0.6 is 0 Å². The van der Waals surface area contributed by atoms with Crippen LogP contribution in [0.3, 0.4) is 0 Å². The Balaban J connectivity index is 1.49. The van der Waals surface area contributed by atoms with Crippen molar-refractivity contribution in [3.8, 4) is 0 Å². The van der Waals surface area contributed by atoms with Crippen molar-refractivity contribution in [2.45, 2.75) is 69.7 Å². The number of hydrogen-bond donors (Lipinski definition) is 1. The average molecular weight is 239 g/mol. The SMILES string of the molecule is NCC1(CCCC2CCCO2)CC2CCC1O2. The average Bonchev–Trinajstić information content (AvgIpc) is 3.04. The summed E-state index contributed by atoms with van der Waals surface area (Å²) >= 11 is 0. The van der Waals surface area contributed by atoms with E-state index in [2.05, 4.69) is 0 Å². The second-order valence-electron chi connectivity index (χ2n) is 6.12. The molecule has 0 aromatic rings. The van der Waals surface area contributed by atoms with E-state index >= 15 is 0 Å². The van der Waals surface area contributed by atoms with Gasteiger partial charge in [0.05, 0.1) is 18.3 Å². The van der Waals surface area contributed by atoms with Crippen LogP contribution in [0.1, 0.15) is 51.4 Å². The van der Waals surface area contributed by atoms with E-state index in [0.717, 1.165) is 13.2 Å². The summed E-state index contributed by atoms with van der Waals surface area (Å²) in [5, 5.41) is 0. The zero-order valence-corrected chi connectivity index (χ0v) is 10.7. The Morgan fingerprint density at radius 2 is 2.18 bits per heavy atom. The first-order valence-electron chi connectivity index (χ1n) is 7.29. The van der Waals surface area contributed by atoms with Gasteiger partial charge < -0.3 is 15.2 Å². The molecule has 4 atom stereocenters. The van der Waals surface area contributed by atoms with Crippen molar-refractivity contribution in [3.05, 3.63) is 0 Å². The van der Waals surface area contributed by atoms with Crippen molar-refractivity contribution >= 4 is 0 Å². The van der Waals surface area contributed by atoms with Gasteiger partial charge in [0, 0.05) is 18.6 Å². The van der Waals surface area contributed by atoms with Gasteiger partial charge in [-0.25, -0.2) is 0 Å². The van der Waals surface area contributed by atoms with Crippen molar-refractivity contribution in [1.29, 1.82) is 0 Å². The lowest BCUT2D eigenvalue weighted by Crippen LogP contribution is -2.39. The zero-order chi connectivity index (χ0) is 11.7. The summed E-state index contributed by atoms with van der Waals surface area (Å²) in [6, 6.07) is 0. The smallest absolute Gasteiger partial charge is 0.0649 e. The Morgan fingerprint density at radius 1 is 1.24 bits per heavy atom. The van der Waals surface area contributed by atoms with E-state index in [1.54, 1.807) is 0 Å². The number of rotatable bonds is 5. The molecule has 3 rings (SSSR count). The third kappa shape index (κ3) is 2.25. The molecule has 3 fully saturated rings. The lowest BCUT2D eigenvalue weighted by atomic mass is 9.70. The molecule has 3 aliphatic rings.